The molecular formula is C16H20N2O5S. The van der Waals surface area contributed by atoms with Gasteiger partial charge in [-0.05, 0) is 26.3 Å². The average molecular weight is 352 g/mol. The molecule has 0 spiro atoms. The van der Waals surface area contributed by atoms with E-state index in [0.29, 0.717) is 23.7 Å². The van der Waals surface area contributed by atoms with Gasteiger partial charge in [0.15, 0.2) is 0 Å². The molecule has 7 nitrogen and oxygen atoms in total. The molecule has 1 aromatic rings. The number of thioether (sulfide) groups is 1. The minimum Gasteiger partial charge on any atom is -0.478 e. The fraction of sp³-hybridized carbons (Fsp3) is 0.562. The maximum Gasteiger partial charge on any atom is 0.339 e. The highest BCUT2D eigenvalue weighted by molar-refractivity contribution is 8.01. The van der Waals surface area contributed by atoms with E-state index < -0.39 is 12.0 Å². The highest BCUT2D eigenvalue weighted by Crippen LogP contribution is 2.47. The summed E-state index contributed by atoms with van der Waals surface area (Å²) in [7, 11) is 1.64. The van der Waals surface area contributed by atoms with Gasteiger partial charge in [0.1, 0.15) is 23.1 Å². The number of aryl methyl sites for hydroxylation is 1. The summed E-state index contributed by atoms with van der Waals surface area (Å²) in [6.07, 6.45) is 1.25. The zero-order valence-electron chi connectivity index (χ0n) is 13.9. The van der Waals surface area contributed by atoms with E-state index in [1.54, 1.807) is 30.6 Å². The lowest BCUT2D eigenvalue weighted by Gasteiger charge is -2.31. The van der Waals surface area contributed by atoms with Crippen LogP contribution in [-0.4, -0.2) is 56.4 Å². The van der Waals surface area contributed by atoms with Gasteiger partial charge >= 0.3 is 5.97 Å². The molecule has 3 heterocycles. The van der Waals surface area contributed by atoms with Crippen molar-refractivity contribution in [1.82, 2.24) is 9.80 Å². The second-order valence-corrected chi connectivity index (χ2v) is 7.95. The van der Waals surface area contributed by atoms with Gasteiger partial charge < -0.3 is 19.3 Å². The molecule has 8 heteroatoms. The number of furan rings is 1. The molecule has 130 valence electrons. The van der Waals surface area contributed by atoms with Crippen molar-refractivity contribution in [3.63, 3.8) is 0 Å². The topological polar surface area (TPSA) is 91.1 Å². The molecule has 2 aliphatic rings. The number of aromatic carboxylic acids is 1. The Labute approximate surface area is 144 Å². The molecule has 24 heavy (non-hydrogen) atoms. The van der Waals surface area contributed by atoms with Gasteiger partial charge in [-0.2, -0.15) is 0 Å². The van der Waals surface area contributed by atoms with Crippen molar-refractivity contribution in [3.8, 4) is 0 Å². The van der Waals surface area contributed by atoms with Crippen LogP contribution in [0.1, 0.15) is 41.6 Å². The molecule has 2 fully saturated rings. The Bertz CT molecular complexity index is 715. The second kappa shape index (κ2) is 5.84. The summed E-state index contributed by atoms with van der Waals surface area (Å²) in [5, 5.41) is 9.07. The number of amides is 2. The fourth-order valence-electron chi connectivity index (χ4n) is 3.40. The van der Waals surface area contributed by atoms with Gasteiger partial charge in [-0.3, -0.25) is 9.59 Å². The van der Waals surface area contributed by atoms with E-state index in [9.17, 15) is 14.4 Å². The van der Waals surface area contributed by atoms with Gasteiger partial charge in [-0.1, -0.05) is 0 Å². The minimum atomic E-state index is -1.05. The molecule has 1 N–H and O–H groups in total. The molecule has 0 aromatic carbocycles. The summed E-state index contributed by atoms with van der Waals surface area (Å²) < 4.78 is 5.43. The number of hydrogen-bond donors (Lipinski definition) is 1. The molecule has 0 aliphatic carbocycles. The highest BCUT2D eigenvalue weighted by atomic mass is 32.2. The quantitative estimate of drug-likeness (QED) is 0.887. The van der Waals surface area contributed by atoms with E-state index in [4.69, 9.17) is 9.52 Å². The molecule has 2 atom stereocenters. The third kappa shape index (κ3) is 2.68. The first kappa shape index (κ1) is 16.9. The van der Waals surface area contributed by atoms with Crippen LogP contribution in [0.3, 0.4) is 0 Å². The summed E-state index contributed by atoms with van der Waals surface area (Å²) in [6.45, 7) is 3.76. The Morgan fingerprint density at radius 1 is 1.54 bits per heavy atom. The van der Waals surface area contributed by atoms with E-state index in [0.717, 1.165) is 6.42 Å². The van der Waals surface area contributed by atoms with Gasteiger partial charge in [-0.25, -0.2) is 4.79 Å². The number of carboxylic acids is 1. The third-order valence-electron chi connectivity index (χ3n) is 4.70. The SMILES string of the molecule is Cc1oc(CN(C)C(=O)[C@@H]2CS[C@]3(C)CCC(=O)N23)cc1C(=O)O. The van der Waals surface area contributed by atoms with Crippen LogP contribution in [0.4, 0.5) is 0 Å². The first-order valence-electron chi connectivity index (χ1n) is 7.76. The number of fused-ring (bicyclic) bond motifs is 1. The van der Waals surface area contributed by atoms with Crippen LogP contribution in [0.15, 0.2) is 10.5 Å². The summed E-state index contributed by atoms with van der Waals surface area (Å²) in [5.74, 6) is 0.146. The first-order valence-corrected chi connectivity index (χ1v) is 8.75. The molecule has 0 bridgehead atoms. The van der Waals surface area contributed by atoms with E-state index in [1.165, 1.54) is 11.0 Å². The molecule has 2 amide bonds. The highest BCUT2D eigenvalue weighted by Gasteiger charge is 2.53. The maximum atomic E-state index is 12.8. The van der Waals surface area contributed by atoms with E-state index in [1.807, 2.05) is 6.92 Å². The van der Waals surface area contributed by atoms with Crippen molar-refractivity contribution in [2.45, 2.75) is 44.1 Å². The number of carbonyl (C=O) groups excluding carboxylic acids is 2. The van der Waals surface area contributed by atoms with Gasteiger partial charge in [0.25, 0.3) is 0 Å². The molecule has 3 rings (SSSR count). The third-order valence-corrected chi connectivity index (χ3v) is 6.20. The normalized spacial score (nSPS) is 25.9. The fourth-order valence-corrected chi connectivity index (χ4v) is 4.83. The van der Waals surface area contributed by atoms with Gasteiger partial charge in [0.05, 0.1) is 11.4 Å². The predicted molar refractivity (Wildman–Crippen MR) is 87.6 cm³/mol. The number of likely N-dealkylation sites (N-methyl/N-ethyl adjacent to an activating group) is 1. The maximum absolute atomic E-state index is 12.8. The van der Waals surface area contributed by atoms with Crippen molar-refractivity contribution < 1.29 is 23.9 Å². The lowest BCUT2D eigenvalue weighted by atomic mass is 10.2. The van der Waals surface area contributed by atoms with Crippen LogP contribution in [0.2, 0.25) is 0 Å². The summed E-state index contributed by atoms with van der Waals surface area (Å²) in [5.41, 5.74) is 0.101. The zero-order valence-corrected chi connectivity index (χ0v) is 14.7. The lowest BCUT2D eigenvalue weighted by Crippen LogP contribution is -2.50. The van der Waals surface area contributed by atoms with Crippen molar-refractivity contribution in [1.29, 1.82) is 0 Å². The van der Waals surface area contributed by atoms with Crippen LogP contribution in [0, 0.1) is 6.92 Å². The van der Waals surface area contributed by atoms with E-state index in [2.05, 4.69) is 0 Å². The number of carbonyl (C=O) groups is 3. The van der Waals surface area contributed by atoms with Crippen LogP contribution < -0.4 is 0 Å². The van der Waals surface area contributed by atoms with E-state index in [-0.39, 0.29) is 28.8 Å². The zero-order chi connectivity index (χ0) is 17.6. The Hall–Kier alpha value is -1.96. The molecule has 1 aromatic heterocycles. The molecule has 0 saturated carbocycles. The number of carboxylic acid groups (broad SMARTS) is 1. The largest absolute Gasteiger partial charge is 0.478 e. The van der Waals surface area contributed by atoms with Crippen molar-refractivity contribution in [3.05, 3.63) is 23.2 Å². The number of rotatable bonds is 4. The Kier molecular flexibility index (Phi) is 4.11. The molecule has 2 aliphatic heterocycles. The van der Waals surface area contributed by atoms with Crippen LogP contribution in [-0.2, 0) is 16.1 Å². The van der Waals surface area contributed by atoms with Crippen LogP contribution in [0.25, 0.3) is 0 Å². The monoisotopic (exact) mass is 352 g/mol. The van der Waals surface area contributed by atoms with Gasteiger partial charge in [-0.15, -0.1) is 11.8 Å². The standard InChI is InChI=1S/C16H20N2O5S/c1-9-11(15(21)22)6-10(23-9)7-17(3)14(20)12-8-24-16(2)5-4-13(19)18(12)16/h6,12H,4-5,7-8H2,1-3H3,(H,21,22)/t12-,16+/m0/s1. The number of nitrogens with zero attached hydrogens (tertiary/aromatic N) is 2. The Morgan fingerprint density at radius 2 is 2.25 bits per heavy atom. The lowest BCUT2D eigenvalue weighted by molar-refractivity contribution is -0.143. The van der Waals surface area contributed by atoms with Gasteiger partial charge in [0, 0.05) is 19.2 Å². The van der Waals surface area contributed by atoms with Crippen molar-refractivity contribution in [2.24, 2.45) is 0 Å². The predicted octanol–water partition coefficient (Wildman–Crippen LogP) is 1.70. The van der Waals surface area contributed by atoms with Gasteiger partial charge in [0.2, 0.25) is 11.8 Å². The number of hydrogen-bond acceptors (Lipinski definition) is 5. The first-order chi connectivity index (χ1) is 11.2. The molecular weight excluding hydrogens is 332 g/mol. The van der Waals surface area contributed by atoms with E-state index >= 15 is 0 Å². The smallest absolute Gasteiger partial charge is 0.339 e. The average Bonchev–Trinajstić information content (AvgIpc) is 3.12. The molecule has 2 saturated heterocycles. The van der Waals surface area contributed by atoms with Crippen LogP contribution >= 0.6 is 11.8 Å². The summed E-state index contributed by atoms with van der Waals surface area (Å²) >= 11 is 1.65. The van der Waals surface area contributed by atoms with Crippen LogP contribution in [0.5, 0.6) is 0 Å². The van der Waals surface area contributed by atoms with Crippen molar-refractivity contribution in [2.75, 3.05) is 12.8 Å². The summed E-state index contributed by atoms with van der Waals surface area (Å²) in [6, 6.07) is 0.977. The second-order valence-electron chi connectivity index (χ2n) is 6.45. The summed E-state index contributed by atoms with van der Waals surface area (Å²) in [4.78, 5) is 38.9. The Morgan fingerprint density at radius 3 is 2.88 bits per heavy atom. The Balaban J connectivity index is 1.72. The van der Waals surface area contributed by atoms with Crippen molar-refractivity contribution >= 4 is 29.5 Å². The molecule has 0 radical (unpaired) electrons. The molecule has 0 unspecified atom stereocenters. The minimum absolute atomic E-state index is 0.0243.